The van der Waals surface area contributed by atoms with Gasteiger partial charge in [-0.15, -0.1) is 0 Å². The van der Waals surface area contributed by atoms with Crippen molar-refractivity contribution in [2.75, 3.05) is 39.4 Å². The number of morpholine rings is 1. The first kappa shape index (κ1) is 20.0. The monoisotopic (exact) mass is 386 g/mol. The number of aromatic hydroxyl groups is 1. The smallest absolute Gasteiger partial charge is 0.331 e. The fourth-order valence-electron chi connectivity index (χ4n) is 3.24. The number of rotatable bonds is 7. The maximum Gasteiger partial charge on any atom is 0.331 e. The van der Waals surface area contributed by atoms with Crippen LogP contribution in [0.1, 0.15) is 24.5 Å². The van der Waals surface area contributed by atoms with E-state index in [1.54, 1.807) is 6.92 Å². The van der Waals surface area contributed by atoms with Gasteiger partial charge in [-0.3, -0.25) is 24.2 Å². The lowest BCUT2D eigenvalue weighted by Gasteiger charge is -2.26. The predicted molar refractivity (Wildman–Crippen MR) is 107 cm³/mol. The highest BCUT2D eigenvalue weighted by atomic mass is 16.5. The van der Waals surface area contributed by atoms with Gasteiger partial charge >= 0.3 is 5.69 Å². The molecule has 0 aliphatic carbocycles. The largest absolute Gasteiger partial charge is 0.494 e. The molecule has 0 amide bonds. The van der Waals surface area contributed by atoms with Crippen LogP contribution < -0.4 is 11.2 Å². The summed E-state index contributed by atoms with van der Waals surface area (Å²) in [5, 5.41) is 10.6. The lowest BCUT2D eigenvalue weighted by molar-refractivity contribution is 0.0377. The van der Waals surface area contributed by atoms with Gasteiger partial charge < -0.3 is 9.84 Å². The SMILES string of the molecule is CC(=NCCCN1CCOCC1)c1c(O)n(Cc2ccccc2)c(=O)[nH]c1=O. The van der Waals surface area contributed by atoms with E-state index in [1.165, 1.54) is 0 Å². The molecule has 1 aliphatic heterocycles. The number of aromatic amines is 1. The van der Waals surface area contributed by atoms with Crippen molar-refractivity contribution < 1.29 is 9.84 Å². The van der Waals surface area contributed by atoms with Crippen molar-refractivity contribution in [1.82, 2.24) is 14.5 Å². The van der Waals surface area contributed by atoms with Gasteiger partial charge in [-0.1, -0.05) is 30.3 Å². The third-order valence-corrected chi connectivity index (χ3v) is 4.80. The predicted octanol–water partition coefficient (Wildman–Crippen LogP) is 0.822. The van der Waals surface area contributed by atoms with E-state index in [-0.39, 0.29) is 18.0 Å². The normalized spacial score (nSPS) is 15.7. The molecule has 2 aromatic rings. The highest BCUT2D eigenvalue weighted by molar-refractivity contribution is 6.00. The number of nitrogens with zero attached hydrogens (tertiary/aromatic N) is 3. The van der Waals surface area contributed by atoms with Crippen LogP contribution in [-0.4, -0.2) is 64.7 Å². The molecule has 3 rings (SSSR count). The second-order valence-corrected chi connectivity index (χ2v) is 6.80. The van der Waals surface area contributed by atoms with E-state index in [0.717, 1.165) is 49.4 Å². The zero-order valence-corrected chi connectivity index (χ0v) is 16.1. The second-order valence-electron chi connectivity index (χ2n) is 6.80. The number of hydrogen-bond donors (Lipinski definition) is 2. The van der Waals surface area contributed by atoms with Crippen molar-refractivity contribution in [2.24, 2.45) is 4.99 Å². The Hall–Kier alpha value is -2.71. The Morgan fingerprint density at radius 3 is 2.64 bits per heavy atom. The summed E-state index contributed by atoms with van der Waals surface area (Å²) in [5.41, 5.74) is 0.0407. The average molecular weight is 386 g/mol. The van der Waals surface area contributed by atoms with Gasteiger partial charge in [0, 0.05) is 31.9 Å². The van der Waals surface area contributed by atoms with Gasteiger partial charge in [0.05, 0.1) is 19.8 Å². The quantitative estimate of drug-likeness (QED) is 0.542. The van der Waals surface area contributed by atoms with Crippen molar-refractivity contribution in [2.45, 2.75) is 19.9 Å². The van der Waals surface area contributed by atoms with Crippen LogP contribution in [0.2, 0.25) is 0 Å². The number of hydrogen-bond acceptors (Lipinski definition) is 6. The van der Waals surface area contributed by atoms with E-state index in [0.29, 0.717) is 12.3 Å². The third-order valence-electron chi connectivity index (χ3n) is 4.80. The molecule has 1 aromatic carbocycles. The van der Waals surface area contributed by atoms with E-state index in [2.05, 4.69) is 14.9 Å². The Balaban J connectivity index is 1.73. The minimum Gasteiger partial charge on any atom is -0.494 e. The molecule has 0 spiro atoms. The standard InChI is InChI=1S/C20H26N4O4/c1-15(21-8-5-9-23-10-12-28-13-11-23)17-18(25)22-20(27)24(19(17)26)14-16-6-3-2-4-7-16/h2-4,6-7,26H,5,8-14H2,1H3,(H,22,25,27). The van der Waals surface area contributed by atoms with E-state index in [9.17, 15) is 14.7 Å². The fourth-order valence-corrected chi connectivity index (χ4v) is 3.24. The summed E-state index contributed by atoms with van der Waals surface area (Å²) in [7, 11) is 0. The van der Waals surface area contributed by atoms with Crippen LogP contribution in [0.3, 0.4) is 0 Å². The maximum absolute atomic E-state index is 12.3. The van der Waals surface area contributed by atoms with Gasteiger partial charge in [0.15, 0.2) is 0 Å². The summed E-state index contributed by atoms with van der Waals surface area (Å²) in [6, 6.07) is 9.28. The van der Waals surface area contributed by atoms with Gasteiger partial charge in [-0.25, -0.2) is 4.79 Å². The number of nitrogens with one attached hydrogen (secondary N) is 1. The minimum atomic E-state index is -0.643. The van der Waals surface area contributed by atoms with E-state index < -0.39 is 11.2 Å². The molecule has 8 nitrogen and oxygen atoms in total. The summed E-state index contributed by atoms with van der Waals surface area (Å²) in [6.07, 6.45) is 0.847. The highest BCUT2D eigenvalue weighted by Gasteiger charge is 2.17. The van der Waals surface area contributed by atoms with Gasteiger partial charge in [0.1, 0.15) is 5.56 Å². The average Bonchev–Trinajstić information content (AvgIpc) is 2.70. The van der Waals surface area contributed by atoms with Crippen molar-refractivity contribution in [3.8, 4) is 5.88 Å². The third kappa shape index (κ3) is 4.96. The molecule has 0 bridgehead atoms. The summed E-state index contributed by atoms with van der Waals surface area (Å²) >= 11 is 0. The second kappa shape index (κ2) is 9.48. The Morgan fingerprint density at radius 1 is 1.21 bits per heavy atom. The van der Waals surface area contributed by atoms with Gasteiger partial charge in [-0.05, 0) is 18.9 Å². The minimum absolute atomic E-state index is 0.0434. The Labute approximate surface area is 163 Å². The molecule has 2 heterocycles. The molecule has 1 fully saturated rings. The fraction of sp³-hybridized carbons (Fsp3) is 0.450. The molecule has 150 valence electrons. The number of ether oxygens (including phenoxy) is 1. The van der Waals surface area contributed by atoms with Crippen LogP contribution in [0.25, 0.3) is 0 Å². The van der Waals surface area contributed by atoms with E-state index >= 15 is 0 Å². The first-order chi connectivity index (χ1) is 13.6. The first-order valence-electron chi connectivity index (χ1n) is 9.48. The summed E-state index contributed by atoms with van der Waals surface area (Å²) in [4.78, 5) is 33.5. The van der Waals surface area contributed by atoms with Gasteiger partial charge in [0.25, 0.3) is 5.56 Å². The molecular formula is C20H26N4O4. The maximum atomic E-state index is 12.3. The summed E-state index contributed by atoms with van der Waals surface area (Å²) < 4.78 is 6.48. The number of benzene rings is 1. The van der Waals surface area contributed by atoms with Crippen molar-refractivity contribution >= 4 is 5.71 Å². The topological polar surface area (TPSA) is 99.9 Å². The first-order valence-corrected chi connectivity index (χ1v) is 9.48. The van der Waals surface area contributed by atoms with E-state index in [4.69, 9.17) is 4.74 Å². The van der Waals surface area contributed by atoms with Crippen LogP contribution in [0.15, 0.2) is 44.9 Å². The number of aliphatic imine (C=N–C) groups is 1. The highest BCUT2D eigenvalue weighted by Crippen LogP contribution is 2.13. The molecule has 1 aliphatic rings. The van der Waals surface area contributed by atoms with E-state index in [1.807, 2.05) is 30.3 Å². The molecule has 0 unspecified atom stereocenters. The van der Waals surface area contributed by atoms with Crippen molar-refractivity contribution in [1.29, 1.82) is 0 Å². The molecule has 28 heavy (non-hydrogen) atoms. The molecule has 1 saturated heterocycles. The molecule has 0 radical (unpaired) electrons. The lowest BCUT2D eigenvalue weighted by Crippen LogP contribution is -2.37. The summed E-state index contributed by atoms with van der Waals surface area (Å²) in [5.74, 6) is -0.355. The van der Waals surface area contributed by atoms with Crippen LogP contribution in [0.5, 0.6) is 5.88 Å². The zero-order valence-electron chi connectivity index (χ0n) is 16.1. The van der Waals surface area contributed by atoms with Crippen LogP contribution in [0, 0.1) is 0 Å². The molecule has 0 atom stereocenters. The Bertz CT molecular complexity index is 927. The van der Waals surface area contributed by atoms with Crippen molar-refractivity contribution in [3.63, 3.8) is 0 Å². The van der Waals surface area contributed by atoms with Crippen molar-refractivity contribution in [3.05, 3.63) is 62.3 Å². The molecule has 2 N–H and O–H groups in total. The van der Waals surface area contributed by atoms with Crippen LogP contribution in [-0.2, 0) is 11.3 Å². The lowest BCUT2D eigenvalue weighted by atomic mass is 10.2. The van der Waals surface area contributed by atoms with Crippen LogP contribution >= 0.6 is 0 Å². The van der Waals surface area contributed by atoms with Gasteiger partial charge in [0.2, 0.25) is 5.88 Å². The Kier molecular flexibility index (Phi) is 6.78. The molecule has 8 heteroatoms. The number of H-pyrrole nitrogens is 1. The van der Waals surface area contributed by atoms with Gasteiger partial charge in [-0.2, -0.15) is 0 Å². The number of aromatic nitrogens is 2. The van der Waals surface area contributed by atoms with Crippen LogP contribution in [0.4, 0.5) is 0 Å². The zero-order chi connectivity index (χ0) is 19.9. The molecule has 1 aromatic heterocycles. The summed E-state index contributed by atoms with van der Waals surface area (Å²) in [6.45, 7) is 6.66. The Morgan fingerprint density at radius 2 is 1.93 bits per heavy atom. The molecular weight excluding hydrogens is 360 g/mol. The molecule has 0 saturated carbocycles.